The van der Waals surface area contributed by atoms with Gasteiger partial charge in [0.05, 0.1) is 0 Å². The van der Waals surface area contributed by atoms with Crippen LogP contribution in [-0.2, 0) is 11.3 Å². The molecule has 4 heteroatoms. The Morgan fingerprint density at radius 3 is 2.41 bits per heavy atom. The second-order valence-corrected chi connectivity index (χ2v) is 5.63. The molecule has 114 valence electrons. The van der Waals surface area contributed by atoms with Crippen LogP contribution in [0.2, 0.25) is 0 Å². The molecule has 0 bridgehead atoms. The molecule has 0 aromatic heterocycles. The normalized spacial score (nSPS) is 15.3. The van der Waals surface area contributed by atoms with Gasteiger partial charge in [0.2, 0.25) is 5.91 Å². The highest BCUT2D eigenvalue weighted by atomic mass is 19.1. The van der Waals surface area contributed by atoms with E-state index in [4.69, 9.17) is 0 Å². The largest absolute Gasteiger partial charge is 0.352 e. The summed E-state index contributed by atoms with van der Waals surface area (Å²) in [6, 6.07) is 15.8. The molecule has 1 unspecified atom stereocenters. The van der Waals surface area contributed by atoms with Crippen molar-refractivity contribution in [3.8, 4) is 0 Å². The highest BCUT2D eigenvalue weighted by Gasteiger charge is 2.28. The van der Waals surface area contributed by atoms with Crippen LogP contribution in [0.5, 0.6) is 0 Å². The van der Waals surface area contributed by atoms with Crippen molar-refractivity contribution >= 4 is 5.91 Å². The molecule has 0 saturated heterocycles. The zero-order chi connectivity index (χ0) is 15.4. The quantitative estimate of drug-likeness (QED) is 0.861. The predicted octanol–water partition coefficient (Wildman–Crippen LogP) is 2.94. The molecule has 22 heavy (non-hydrogen) atoms. The smallest absolute Gasteiger partial charge is 0.241 e. The maximum Gasteiger partial charge on any atom is 0.241 e. The first-order chi connectivity index (χ1) is 10.7. The van der Waals surface area contributed by atoms with Gasteiger partial charge in [0.1, 0.15) is 11.9 Å². The van der Waals surface area contributed by atoms with Crippen LogP contribution in [0.3, 0.4) is 0 Å². The van der Waals surface area contributed by atoms with E-state index in [-0.39, 0.29) is 11.7 Å². The minimum absolute atomic E-state index is 0.0509. The number of hydrogen-bond acceptors (Lipinski definition) is 2. The molecule has 1 aliphatic rings. The second kappa shape index (κ2) is 6.71. The lowest BCUT2D eigenvalue weighted by Crippen LogP contribution is -2.38. The van der Waals surface area contributed by atoms with Gasteiger partial charge in [0.25, 0.3) is 0 Å². The molecule has 0 aliphatic heterocycles. The van der Waals surface area contributed by atoms with Gasteiger partial charge in [0.15, 0.2) is 0 Å². The van der Waals surface area contributed by atoms with Crippen LogP contribution in [0.25, 0.3) is 0 Å². The summed E-state index contributed by atoms with van der Waals surface area (Å²) < 4.78 is 13.1. The second-order valence-electron chi connectivity index (χ2n) is 5.63. The van der Waals surface area contributed by atoms with Crippen molar-refractivity contribution in [1.82, 2.24) is 10.6 Å². The van der Waals surface area contributed by atoms with Crippen molar-refractivity contribution in [2.75, 3.05) is 0 Å². The molecule has 1 atom stereocenters. The van der Waals surface area contributed by atoms with E-state index >= 15 is 0 Å². The number of carbonyl (C=O) groups excluding carboxylic acids is 1. The molecule has 1 fully saturated rings. The summed E-state index contributed by atoms with van der Waals surface area (Å²) in [6.45, 7) is 0.584. The number of carbonyl (C=O) groups is 1. The average Bonchev–Trinajstić information content (AvgIpc) is 3.34. The van der Waals surface area contributed by atoms with E-state index < -0.39 is 6.04 Å². The first-order valence-corrected chi connectivity index (χ1v) is 7.55. The molecule has 2 N–H and O–H groups in total. The van der Waals surface area contributed by atoms with E-state index in [2.05, 4.69) is 10.6 Å². The van der Waals surface area contributed by atoms with Gasteiger partial charge in [-0.3, -0.25) is 10.1 Å². The maximum absolute atomic E-state index is 13.1. The highest BCUT2D eigenvalue weighted by Crippen LogP contribution is 2.21. The van der Waals surface area contributed by atoms with E-state index in [0.29, 0.717) is 12.6 Å². The Morgan fingerprint density at radius 2 is 1.77 bits per heavy atom. The fourth-order valence-electron chi connectivity index (χ4n) is 2.35. The van der Waals surface area contributed by atoms with Crippen molar-refractivity contribution in [2.24, 2.45) is 0 Å². The summed E-state index contributed by atoms with van der Waals surface area (Å²) in [4.78, 5) is 12.4. The van der Waals surface area contributed by atoms with Crippen LogP contribution in [0.1, 0.15) is 30.0 Å². The van der Waals surface area contributed by atoms with Crippen molar-refractivity contribution in [1.29, 1.82) is 0 Å². The van der Waals surface area contributed by atoms with Gasteiger partial charge in [-0.1, -0.05) is 42.5 Å². The van der Waals surface area contributed by atoms with Crippen LogP contribution >= 0.6 is 0 Å². The molecule has 0 radical (unpaired) electrons. The summed E-state index contributed by atoms with van der Waals surface area (Å²) in [6.07, 6.45) is 2.08. The predicted molar refractivity (Wildman–Crippen MR) is 83.6 cm³/mol. The molecular weight excluding hydrogens is 279 g/mol. The Labute approximate surface area is 129 Å². The van der Waals surface area contributed by atoms with E-state index in [1.165, 1.54) is 12.1 Å². The van der Waals surface area contributed by atoms with Crippen molar-refractivity contribution in [3.05, 3.63) is 71.5 Å². The lowest BCUT2D eigenvalue weighted by Gasteiger charge is -2.19. The molecule has 3 nitrogen and oxygen atoms in total. The van der Waals surface area contributed by atoms with E-state index in [9.17, 15) is 9.18 Å². The summed E-state index contributed by atoms with van der Waals surface area (Å²) in [5, 5.41) is 6.28. The Hall–Kier alpha value is -2.20. The fraction of sp³-hybridized carbons (Fsp3) is 0.278. The number of benzene rings is 2. The Bertz CT molecular complexity index is 623. The van der Waals surface area contributed by atoms with Crippen molar-refractivity contribution < 1.29 is 9.18 Å². The third-order valence-corrected chi connectivity index (χ3v) is 3.74. The monoisotopic (exact) mass is 298 g/mol. The molecule has 0 heterocycles. The minimum atomic E-state index is -0.471. The van der Waals surface area contributed by atoms with Crippen molar-refractivity contribution in [3.63, 3.8) is 0 Å². The zero-order valence-corrected chi connectivity index (χ0v) is 12.3. The summed E-state index contributed by atoms with van der Waals surface area (Å²) in [7, 11) is 0. The minimum Gasteiger partial charge on any atom is -0.352 e. The number of nitrogens with one attached hydrogen (secondary N) is 2. The third-order valence-electron chi connectivity index (χ3n) is 3.74. The van der Waals surface area contributed by atoms with Gasteiger partial charge < -0.3 is 5.32 Å². The molecular formula is C18H19FN2O. The number of halogens is 1. The maximum atomic E-state index is 13.1. The standard InChI is InChI=1S/C18H19FN2O/c19-15-8-6-14(7-9-15)17(18(22)21-16-10-11-16)20-12-13-4-2-1-3-5-13/h1-9,16-17,20H,10-12H2,(H,21,22). The third kappa shape index (κ3) is 3.92. The first-order valence-electron chi connectivity index (χ1n) is 7.55. The van der Waals surface area contributed by atoms with Gasteiger partial charge in [-0.25, -0.2) is 4.39 Å². The summed E-state index contributed by atoms with van der Waals surface area (Å²) in [5.74, 6) is -0.349. The van der Waals surface area contributed by atoms with E-state index in [1.807, 2.05) is 30.3 Å². The highest BCUT2D eigenvalue weighted by molar-refractivity contribution is 5.83. The zero-order valence-electron chi connectivity index (χ0n) is 12.3. The topological polar surface area (TPSA) is 41.1 Å². The number of rotatable bonds is 6. The average molecular weight is 298 g/mol. The SMILES string of the molecule is O=C(NC1CC1)C(NCc1ccccc1)c1ccc(F)cc1. The Morgan fingerprint density at radius 1 is 1.09 bits per heavy atom. The molecule has 2 aromatic carbocycles. The lowest BCUT2D eigenvalue weighted by atomic mass is 10.1. The van der Waals surface area contributed by atoms with Crippen LogP contribution in [0.4, 0.5) is 4.39 Å². The van der Waals surface area contributed by atoms with Gasteiger partial charge >= 0.3 is 0 Å². The number of hydrogen-bond donors (Lipinski definition) is 2. The first kappa shape index (κ1) is 14.7. The van der Waals surface area contributed by atoms with Gasteiger partial charge in [-0.2, -0.15) is 0 Å². The van der Waals surface area contributed by atoms with Gasteiger partial charge in [-0.05, 0) is 36.1 Å². The summed E-state index contributed by atoms with van der Waals surface area (Å²) in [5.41, 5.74) is 1.88. The van der Waals surface area contributed by atoms with Gasteiger partial charge in [-0.15, -0.1) is 0 Å². The molecule has 1 saturated carbocycles. The van der Waals surface area contributed by atoms with Crippen LogP contribution in [0.15, 0.2) is 54.6 Å². The Balaban J connectivity index is 1.72. The van der Waals surface area contributed by atoms with Crippen LogP contribution < -0.4 is 10.6 Å². The van der Waals surface area contributed by atoms with E-state index in [1.54, 1.807) is 12.1 Å². The Kier molecular flexibility index (Phi) is 4.49. The fourth-order valence-corrected chi connectivity index (χ4v) is 2.35. The summed E-state index contributed by atoms with van der Waals surface area (Å²) >= 11 is 0. The van der Waals surface area contributed by atoms with E-state index in [0.717, 1.165) is 24.0 Å². The number of amides is 1. The molecule has 1 aliphatic carbocycles. The van der Waals surface area contributed by atoms with Crippen molar-refractivity contribution in [2.45, 2.75) is 31.5 Å². The lowest BCUT2D eigenvalue weighted by molar-refractivity contribution is -0.123. The molecule has 2 aromatic rings. The molecule has 0 spiro atoms. The van der Waals surface area contributed by atoms with Crippen LogP contribution in [-0.4, -0.2) is 11.9 Å². The van der Waals surface area contributed by atoms with Crippen LogP contribution in [0, 0.1) is 5.82 Å². The molecule has 3 rings (SSSR count). The van der Waals surface area contributed by atoms with Gasteiger partial charge in [0, 0.05) is 12.6 Å². The molecule has 1 amide bonds.